The fourth-order valence-electron chi connectivity index (χ4n) is 1.20. The summed E-state index contributed by atoms with van der Waals surface area (Å²) in [6.07, 6.45) is 0. The van der Waals surface area contributed by atoms with Crippen LogP contribution in [0.3, 0.4) is 0 Å². The van der Waals surface area contributed by atoms with E-state index < -0.39 is 6.04 Å². The molecule has 0 spiro atoms. The van der Waals surface area contributed by atoms with Gasteiger partial charge in [0.05, 0.1) is 6.04 Å². The summed E-state index contributed by atoms with van der Waals surface area (Å²) in [5.41, 5.74) is 7.56. The predicted octanol–water partition coefficient (Wildman–Crippen LogP) is 1.31. The minimum absolute atomic E-state index is 0.0751. The van der Waals surface area contributed by atoms with Crippen molar-refractivity contribution in [2.45, 2.75) is 19.9 Å². The standard InChI is InChI=1S/C11H16N2O/c1-8-4-6-10(7-5-8)13(3)11(14)9(2)12/h4-7,9H,12H2,1-3H3/t9-/m1/s1. The molecule has 0 aliphatic rings. The van der Waals surface area contributed by atoms with E-state index in [1.54, 1.807) is 18.9 Å². The third-order valence-corrected chi connectivity index (χ3v) is 2.14. The lowest BCUT2D eigenvalue weighted by atomic mass is 10.2. The first-order chi connectivity index (χ1) is 6.52. The Morgan fingerprint density at radius 1 is 1.36 bits per heavy atom. The van der Waals surface area contributed by atoms with Crippen LogP contribution in [0.1, 0.15) is 12.5 Å². The van der Waals surface area contributed by atoms with Crippen molar-refractivity contribution in [3.05, 3.63) is 29.8 Å². The minimum Gasteiger partial charge on any atom is -0.320 e. The summed E-state index contributed by atoms with van der Waals surface area (Å²) in [6.45, 7) is 3.70. The first kappa shape index (κ1) is 10.7. The largest absolute Gasteiger partial charge is 0.320 e. The van der Waals surface area contributed by atoms with Gasteiger partial charge in [0, 0.05) is 12.7 Å². The monoisotopic (exact) mass is 192 g/mol. The van der Waals surface area contributed by atoms with E-state index in [9.17, 15) is 4.79 Å². The van der Waals surface area contributed by atoms with Crippen LogP contribution < -0.4 is 10.6 Å². The molecule has 0 saturated carbocycles. The molecule has 1 rings (SSSR count). The van der Waals surface area contributed by atoms with Crippen molar-refractivity contribution in [2.24, 2.45) is 5.73 Å². The van der Waals surface area contributed by atoms with E-state index in [4.69, 9.17) is 5.73 Å². The zero-order valence-electron chi connectivity index (χ0n) is 8.82. The fourth-order valence-corrected chi connectivity index (χ4v) is 1.20. The molecule has 2 N–H and O–H groups in total. The van der Waals surface area contributed by atoms with Crippen molar-refractivity contribution in [1.82, 2.24) is 0 Å². The second-order valence-electron chi connectivity index (χ2n) is 3.52. The summed E-state index contributed by atoms with van der Waals surface area (Å²) < 4.78 is 0. The Kier molecular flexibility index (Phi) is 3.25. The van der Waals surface area contributed by atoms with Crippen LogP contribution in [0.25, 0.3) is 0 Å². The lowest BCUT2D eigenvalue weighted by Gasteiger charge is -2.19. The van der Waals surface area contributed by atoms with Crippen LogP contribution in [-0.4, -0.2) is 19.0 Å². The van der Waals surface area contributed by atoms with Crippen LogP contribution in [0.2, 0.25) is 0 Å². The Morgan fingerprint density at radius 3 is 2.29 bits per heavy atom. The second-order valence-corrected chi connectivity index (χ2v) is 3.52. The van der Waals surface area contributed by atoms with E-state index in [1.807, 2.05) is 31.2 Å². The molecule has 3 heteroatoms. The maximum Gasteiger partial charge on any atom is 0.243 e. The van der Waals surface area contributed by atoms with Crippen LogP contribution in [0.4, 0.5) is 5.69 Å². The van der Waals surface area contributed by atoms with E-state index in [2.05, 4.69) is 0 Å². The van der Waals surface area contributed by atoms with E-state index in [0.29, 0.717) is 0 Å². The van der Waals surface area contributed by atoms with Gasteiger partial charge in [0.25, 0.3) is 0 Å². The topological polar surface area (TPSA) is 46.3 Å². The van der Waals surface area contributed by atoms with Gasteiger partial charge in [-0.05, 0) is 26.0 Å². The smallest absolute Gasteiger partial charge is 0.243 e. The summed E-state index contributed by atoms with van der Waals surface area (Å²) in [6, 6.07) is 7.31. The van der Waals surface area contributed by atoms with Gasteiger partial charge in [0.15, 0.2) is 0 Å². The molecular weight excluding hydrogens is 176 g/mol. The zero-order chi connectivity index (χ0) is 10.7. The Bertz CT molecular complexity index is 317. The van der Waals surface area contributed by atoms with Gasteiger partial charge >= 0.3 is 0 Å². The normalized spacial score (nSPS) is 12.3. The summed E-state index contributed by atoms with van der Waals surface area (Å²) in [7, 11) is 1.73. The number of anilines is 1. The Labute approximate surface area is 84.5 Å². The van der Waals surface area contributed by atoms with E-state index >= 15 is 0 Å². The lowest BCUT2D eigenvalue weighted by molar-refractivity contribution is -0.119. The number of carbonyl (C=O) groups excluding carboxylic acids is 1. The number of rotatable bonds is 2. The lowest BCUT2D eigenvalue weighted by Crippen LogP contribution is -2.39. The molecule has 1 amide bonds. The molecule has 0 aromatic heterocycles. The highest BCUT2D eigenvalue weighted by Gasteiger charge is 2.14. The quantitative estimate of drug-likeness (QED) is 0.767. The van der Waals surface area contributed by atoms with Crippen molar-refractivity contribution < 1.29 is 4.79 Å². The molecule has 0 bridgehead atoms. The van der Waals surface area contributed by atoms with Gasteiger partial charge in [0.2, 0.25) is 5.91 Å². The maximum atomic E-state index is 11.5. The molecule has 0 radical (unpaired) electrons. The van der Waals surface area contributed by atoms with Gasteiger partial charge in [-0.1, -0.05) is 17.7 Å². The molecule has 0 unspecified atom stereocenters. The first-order valence-corrected chi connectivity index (χ1v) is 4.62. The van der Waals surface area contributed by atoms with E-state index in [1.165, 1.54) is 5.56 Å². The molecule has 1 atom stereocenters. The maximum absolute atomic E-state index is 11.5. The average Bonchev–Trinajstić information content (AvgIpc) is 2.16. The molecule has 14 heavy (non-hydrogen) atoms. The Morgan fingerprint density at radius 2 is 1.86 bits per heavy atom. The van der Waals surface area contributed by atoms with Crippen molar-refractivity contribution in [1.29, 1.82) is 0 Å². The van der Waals surface area contributed by atoms with Crippen LogP contribution in [0, 0.1) is 6.92 Å². The number of amides is 1. The molecule has 3 nitrogen and oxygen atoms in total. The fraction of sp³-hybridized carbons (Fsp3) is 0.364. The van der Waals surface area contributed by atoms with Crippen molar-refractivity contribution in [3.63, 3.8) is 0 Å². The average molecular weight is 192 g/mol. The molecule has 1 aromatic carbocycles. The van der Waals surface area contributed by atoms with Gasteiger partial charge < -0.3 is 10.6 Å². The highest BCUT2D eigenvalue weighted by atomic mass is 16.2. The van der Waals surface area contributed by atoms with Crippen LogP contribution in [0.5, 0.6) is 0 Å². The van der Waals surface area contributed by atoms with Gasteiger partial charge in [-0.25, -0.2) is 0 Å². The minimum atomic E-state index is -0.457. The van der Waals surface area contributed by atoms with Crippen molar-refractivity contribution in [3.8, 4) is 0 Å². The number of benzene rings is 1. The molecule has 76 valence electrons. The van der Waals surface area contributed by atoms with Gasteiger partial charge in [0.1, 0.15) is 0 Å². The highest BCUT2D eigenvalue weighted by Crippen LogP contribution is 2.13. The van der Waals surface area contributed by atoms with Crippen LogP contribution in [-0.2, 0) is 4.79 Å². The molecule has 0 aliphatic heterocycles. The number of carbonyl (C=O) groups is 1. The SMILES string of the molecule is Cc1ccc(N(C)C(=O)[C@@H](C)N)cc1. The summed E-state index contributed by atoms with van der Waals surface area (Å²) in [4.78, 5) is 13.1. The van der Waals surface area contributed by atoms with Crippen LogP contribution in [0.15, 0.2) is 24.3 Å². The number of hydrogen-bond donors (Lipinski definition) is 1. The van der Waals surface area contributed by atoms with Crippen molar-refractivity contribution in [2.75, 3.05) is 11.9 Å². The number of hydrogen-bond acceptors (Lipinski definition) is 2. The Hall–Kier alpha value is -1.35. The third-order valence-electron chi connectivity index (χ3n) is 2.14. The Balaban J connectivity index is 2.84. The second kappa shape index (κ2) is 4.24. The first-order valence-electron chi connectivity index (χ1n) is 4.62. The summed E-state index contributed by atoms with van der Waals surface area (Å²) in [5.74, 6) is -0.0751. The van der Waals surface area contributed by atoms with E-state index in [-0.39, 0.29) is 5.91 Å². The molecule has 0 aliphatic carbocycles. The summed E-state index contributed by atoms with van der Waals surface area (Å²) in [5, 5.41) is 0. The van der Waals surface area contributed by atoms with Gasteiger partial charge in [-0.3, -0.25) is 4.79 Å². The molecule has 1 aromatic rings. The number of likely N-dealkylation sites (N-methyl/N-ethyl adjacent to an activating group) is 1. The molecular formula is C11H16N2O. The molecule has 0 saturated heterocycles. The highest BCUT2D eigenvalue weighted by molar-refractivity contribution is 5.96. The van der Waals surface area contributed by atoms with Gasteiger partial charge in [-0.15, -0.1) is 0 Å². The third kappa shape index (κ3) is 2.33. The molecule has 0 fully saturated rings. The number of aryl methyl sites for hydroxylation is 1. The van der Waals surface area contributed by atoms with E-state index in [0.717, 1.165) is 5.69 Å². The zero-order valence-corrected chi connectivity index (χ0v) is 8.82. The number of nitrogens with zero attached hydrogens (tertiary/aromatic N) is 1. The summed E-state index contributed by atoms with van der Waals surface area (Å²) >= 11 is 0. The van der Waals surface area contributed by atoms with Gasteiger partial charge in [-0.2, -0.15) is 0 Å². The van der Waals surface area contributed by atoms with Crippen LogP contribution >= 0.6 is 0 Å². The number of nitrogens with two attached hydrogens (primary N) is 1. The predicted molar refractivity (Wildman–Crippen MR) is 58.2 cm³/mol. The molecule has 0 heterocycles. The van der Waals surface area contributed by atoms with Crippen molar-refractivity contribution >= 4 is 11.6 Å².